The van der Waals surface area contributed by atoms with Crippen LogP contribution in [0.3, 0.4) is 0 Å². The molecule has 0 unspecified atom stereocenters. The number of aryl methyl sites for hydroxylation is 2. The molecule has 0 atom stereocenters. The van der Waals surface area contributed by atoms with Crippen LogP contribution in [0.1, 0.15) is 19.2 Å². The highest BCUT2D eigenvalue weighted by molar-refractivity contribution is 6.29. The minimum Gasteiger partial charge on any atom is -0.246 e. The summed E-state index contributed by atoms with van der Waals surface area (Å²) >= 11 is 5.95. The smallest absolute Gasteiger partial charge is 0.133 e. The van der Waals surface area contributed by atoms with E-state index in [9.17, 15) is 0 Å². The number of hydrogen-bond donors (Lipinski definition) is 0. The van der Waals surface area contributed by atoms with Crippen molar-refractivity contribution in [2.75, 3.05) is 0 Å². The molecule has 0 N–H and O–H groups in total. The maximum atomic E-state index is 5.95. The summed E-state index contributed by atoms with van der Waals surface area (Å²) in [5, 5.41) is 8.13. The minimum atomic E-state index is 0.453. The van der Waals surface area contributed by atoms with Crippen LogP contribution in [-0.4, -0.2) is 25.0 Å². The molecule has 0 radical (unpaired) electrons. The number of hydrogen-bond acceptors (Lipinski definition) is 4. The first-order chi connectivity index (χ1) is 7.70. The van der Waals surface area contributed by atoms with Crippen LogP contribution in [0.15, 0.2) is 12.3 Å². The quantitative estimate of drug-likeness (QED) is 0.765. The van der Waals surface area contributed by atoms with E-state index >= 15 is 0 Å². The minimum absolute atomic E-state index is 0.453. The second-order valence-corrected chi connectivity index (χ2v) is 3.87. The van der Waals surface area contributed by atoms with Gasteiger partial charge in [-0.1, -0.05) is 23.7 Å². The van der Waals surface area contributed by atoms with Crippen molar-refractivity contribution in [1.82, 2.24) is 25.0 Å². The molecule has 0 spiro atoms. The Morgan fingerprint density at radius 1 is 1.38 bits per heavy atom. The summed E-state index contributed by atoms with van der Waals surface area (Å²) < 4.78 is 1.66. The Kier molecular flexibility index (Phi) is 3.14. The van der Waals surface area contributed by atoms with Crippen molar-refractivity contribution in [3.05, 3.63) is 23.2 Å². The van der Waals surface area contributed by atoms with Gasteiger partial charge in [-0.2, -0.15) is 0 Å². The number of aromatic nitrogens is 5. The Morgan fingerprint density at radius 2 is 2.19 bits per heavy atom. The third-order valence-electron chi connectivity index (χ3n) is 2.19. The van der Waals surface area contributed by atoms with Crippen molar-refractivity contribution in [3.8, 4) is 11.4 Å². The van der Waals surface area contributed by atoms with E-state index in [1.165, 1.54) is 0 Å². The molecule has 84 valence electrons. The van der Waals surface area contributed by atoms with Crippen molar-refractivity contribution < 1.29 is 0 Å². The van der Waals surface area contributed by atoms with Crippen LogP contribution >= 0.6 is 11.6 Å². The Hall–Kier alpha value is -1.49. The zero-order chi connectivity index (χ0) is 11.5. The molecule has 0 aromatic carbocycles. The van der Waals surface area contributed by atoms with Gasteiger partial charge < -0.3 is 0 Å². The average molecular weight is 238 g/mol. The molecule has 0 aliphatic rings. The van der Waals surface area contributed by atoms with Crippen molar-refractivity contribution in [2.24, 2.45) is 7.05 Å². The highest BCUT2D eigenvalue weighted by Gasteiger charge is 2.08. The van der Waals surface area contributed by atoms with Gasteiger partial charge in [0.05, 0.1) is 11.9 Å². The van der Waals surface area contributed by atoms with E-state index in [1.54, 1.807) is 16.9 Å². The molecule has 0 fully saturated rings. The first-order valence-corrected chi connectivity index (χ1v) is 5.47. The Balaban J connectivity index is 2.45. The molecule has 0 bridgehead atoms. The summed E-state index contributed by atoms with van der Waals surface area (Å²) in [6, 6.07) is 1.72. The van der Waals surface area contributed by atoms with E-state index in [2.05, 4.69) is 27.2 Å². The van der Waals surface area contributed by atoms with E-state index in [-0.39, 0.29) is 0 Å². The van der Waals surface area contributed by atoms with E-state index in [0.29, 0.717) is 5.15 Å². The summed E-state index contributed by atoms with van der Waals surface area (Å²) in [6.07, 6.45) is 3.47. The topological polar surface area (TPSA) is 56.5 Å². The van der Waals surface area contributed by atoms with Crippen molar-refractivity contribution in [2.45, 2.75) is 19.8 Å². The number of halogens is 1. The molecule has 0 saturated carbocycles. The lowest BCUT2D eigenvalue weighted by atomic mass is 10.3. The van der Waals surface area contributed by atoms with Crippen LogP contribution in [-0.2, 0) is 13.5 Å². The summed E-state index contributed by atoms with van der Waals surface area (Å²) in [5.74, 6) is 0.756. The largest absolute Gasteiger partial charge is 0.246 e. The van der Waals surface area contributed by atoms with Crippen LogP contribution in [0.25, 0.3) is 11.4 Å². The second-order valence-electron chi connectivity index (χ2n) is 3.48. The van der Waals surface area contributed by atoms with Crippen LogP contribution in [0.5, 0.6) is 0 Å². The van der Waals surface area contributed by atoms with Crippen molar-refractivity contribution in [3.63, 3.8) is 0 Å². The summed E-state index contributed by atoms with van der Waals surface area (Å²) in [4.78, 5) is 8.60. The predicted molar refractivity (Wildman–Crippen MR) is 61.0 cm³/mol. The molecule has 2 heterocycles. The third-order valence-corrected chi connectivity index (χ3v) is 2.39. The van der Waals surface area contributed by atoms with Gasteiger partial charge in [-0.05, 0) is 6.42 Å². The van der Waals surface area contributed by atoms with Gasteiger partial charge >= 0.3 is 0 Å². The zero-order valence-corrected chi connectivity index (χ0v) is 9.94. The van der Waals surface area contributed by atoms with E-state index in [4.69, 9.17) is 11.6 Å². The highest BCUT2D eigenvalue weighted by Crippen LogP contribution is 2.18. The molecule has 0 saturated heterocycles. The molecular formula is C10H12ClN5. The molecule has 5 nitrogen and oxygen atoms in total. The Bertz CT molecular complexity index is 494. The molecule has 0 aliphatic carbocycles. The summed E-state index contributed by atoms with van der Waals surface area (Å²) in [7, 11) is 1.82. The molecule has 0 aliphatic heterocycles. The lowest BCUT2D eigenvalue weighted by Gasteiger charge is -2.03. The highest BCUT2D eigenvalue weighted by atomic mass is 35.5. The van der Waals surface area contributed by atoms with Crippen LogP contribution < -0.4 is 0 Å². The molecule has 2 aromatic heterocycles. The molecule has 0 amide bonds. The SMILES string of the molecule is CCCc1nc(Cl)cc(-c2cnnn2C)n1. The van der Waals surface area contributed by atoms with E-state index in [1.807, 2.05) is 7.05 Å². The van der Waals surface area contributed by atoms with Gasteiger partial charge in [0.15, 0.2) is 0 Å². The van der Waals surface area contributed by atoms with Crippen molar-refractivity contribution in [1.29, 1.82) is 0 Å². The van der Waals surface area contributed by atoms with Gasteiger partial charge in [-0.3, -0.25) is 0 Å². The van der Waals surface area contributed by atoms with E-state index in [0.717, 1.165) is 30.1 Å². The van der Waals surface area contributed by atoms with Gasteiger partial charge in [0.25, 0.3) is 0 Å². The maximum Gasteiger partial charge on any atom is 0.133 e. The fraction of sp³-hybridized carbons (Fsp3) is 0.400. The lowest BCUT2D eigenvalue weighted by Crippen LogP contribution is -2.00. The zero-order valence-electron chi connectivity index (χ0n) is 9.18. The second kappa shape index (κ2) is 4.57. The van der Waals surface area contributed by atoms with Gasteiger partial charge in [0.2, 0.25) is 0 Å². The number of nitrogens with zero attached hydrogens (tertiary/aromatic N) is 5. The van der Waals surface area contributed by atoms with Crippen LogP contribution in [0.4, 0.5) is 0 Å². The molecule has 16 heavy (non-hydrogen) atoms. The van der Waals surface area contributed by atoms with Gasteiger partial charge in [-0.25, -0.2) is 14.6 Å². The predicted octanol–water partition coefficient (Wildman–Crippen LogP) is 1.88. The lowest BCUT2D eigenvalue weighted by molar-refractivity contribution is 0.717. The molecule has 6 heteroatoms. The number of rotatable bonds is 3. The maximum absolute atomic E-state index is 5.95. The molecule has 2 rings (SSSR count). The Morgan fingerprint density at radius 3 is 2.81 bits per heavy atom. The standard InChI is InChI=1S/C10H12ClN5/c1-3-4-10-13-7(5-9(11)14-10)8-6-12-15-16(8)2/h5-6H,3-4H2,1-2H3. The van der Waals surface area contributed by atoms with Crippen LogP contribution in [0.2, 0.25) is 5.15 Å². The Labute approximate surface area is 98.5 Å². The summed E-state index contributed by atoms with van der Waals surface area (Å²) in [5.41, 5.74) is 1.60. The summed E-state index contributed by atoms with van der Waals surface area (Å²) in [6.45, 7) is 2.08. The normalized spacial score (nSPS) is 10.7. The van der Waals surface area contributed by atoms with Gasteiger partial charge in [0, 0.05) is 19.5 Å². The molecular weight excluding hydrogens is 226 g/mol. The molecule has 2 aromatic rings. The van der Waals surface area contributed by atoms with Gasteiger partial charge in [0.1, 0.15) is 16.7 Å². The fourth-order valence-electron chi connectivity index (χ4n) is 1.45. The fourth-order valence-corrected chi connectivity index (χ4v) is 1.65. The van der Waals surface area contributed by atoms with Crippen molar-refractivity contribution >= 4 is 11.6 Å². The van der Waals surface area contributed by atoms with E-state index < -0.39 is 0 Å². The monoisotopic (exact) mass is 237 g/mol. The third kappa shape index (κ3) is 2.19. The van der Waals surface area contributed by atoms with Gasteiger partial charge in [-0.15, -0.1) is 5.10 Å². The average Bonchev–Trinajstić information content (AvgIpc) is 2.64. The first-order valence-electron chi connectivity index (χ1n) is 5.09. The van der Waals surface area contributed by atoms with Crippen LogP contribution in [0, 0.1) is 0 Å². The first kappa shape index (κ1) is 11.0.